The summed E-state index contributed by atoms with van der Waals surface area (Å²) in [6.07, 6.45) is 0. The fourth-order valence-corrected chi connectivity index (χ4v) is 1.12. The highest BCUT2D eigenvalue weighted by Crippen LogP contribution is 1.99. The number of rotatable bonds is 6. The zero-order chi connectivity index (χ0) is 11.1. The number of likely N-dealkylation sites (N-methyl/N-ethyl adjacent to an activating group) is 1. The van der Waals surface area contributed by atoms with Crippen molar-refractivity contribution in [2.45, 2.75) is 19.9 Å². The van der Waals surface area contributed by atoms with Crippen molar-refractivity contribution in [3.63, 3.8) is 0 Å². The van der Waals surface area contributed by atoms with E-state index in [1.165, 1.54) is 0 Å². The van der Waals surface area contributed by atoms with E-state index in [1.807, 2.05) is 11.8 Å². The van der Waals surface area contributed by atoms with Gasteiger partial charge in [-0.3, -0.25) is 4.79 Å². The second kappa shape index (κ2) is 6.35. The van der Waals surface area contributed by atoms with Crippen LogP contribution in [0.25, 0.3) is 0 Å². The molecule has 0 aliphatic rings. The van der Waals surface area contributed by atoms with Gasteiger partial charge in [-0.15, -0.1) is 0 Å². The van der Waals surface area contributed by atoms with Gasteiger partial charge >= 0.3 is 5.97 Å². The largest absolute Gasteiger partial charge is 0.480 e. The van der Waals surface area contributed by atoms with Gasteiger partial charge < -0.3 is 15.7 Å². The molecule has 2 unspecified atom stereocenters. The van der Waals surface area contributed by atoms with E-state index in [9.17, 15) is 4.79 Å². The first kappa shape index (κ1) is 12.9. The molecular weight excluding hydrogens is 182 g/mol. The molecule has 0 aromatic heterocycles. The van der Waals surface area contributed by atoms with Crippen molar-refractivity contribution in [2.75, 3.05) is 19.6 Å². The summed E-state index contributed by atoms with van der Waals surface area (Å²) in [5.41, 5.74) is 5.39. The summed E-state index contributed by atoms with van der Waals surface area (Å²) < 4.78 is 0. The van der Waals surface area contributed by atoms with E-state index >= 15 is 0 Å². The van der Waals surface area contributed by atoms with Crippen LogP contribution in [0.3, 0.4) is 0 Å². The number of hydrogen-bond donors (Lipinski definition) is 2. The van der Waals surface area contributed by atoms with Crippen LogP contribution in [0.5, 0.6) is 0 Å². The summed E-state index contributed by atoms with van der Waals surface area (Å²) in [4.78, 5) is 12.4. The molecule has 0 aromatic rings. The highest BCUT2D eigenvalue weighted by Gasteiger charge is 2.16. The number of aliphatic carboxylic acids is 1. The third-order valence-corrected chi connectivity index (χ3v) is 1.97. The molecule has 3 N–H and O–H groups in total. The Morgan fingerprint density at radius 2 is 2.21 bits per heavy atom. The molecule has 0 radical (unpaired) electrons. The zero-order valence-corrected chi connectivity index (χ0v) is 8.60. The van der Waals surface area contributed by atoms with Crippen molar-refractivity contribution in [2.24, 2.45) is 11.7 Å². The van der Waals surface area contributed by atoms with Crippen LogP contribution >= 0.6 is 0 Å². The summed E-state index contributed by atoms with van der Waals surface area (Å²) in [6.45, 7) is 5.27. The maximum atomic E-state index is 10.5. The molecule has 0 spiro atoms. The van der Waals surface area contributed by atoms with Crippen LogP contribution in [0.15, 0.2) is 0 Å². The van der Waals surface area contributed by atoms with Gasteiger partial charge in [0.05, 0.1) is 12.0 Å². The normalized spacial score (nSPS) is 14.8. The lowest BCUT2D eigenvalue weighted by Gasteiger charge is -2.23. The predicted molar refractivity (Wildman–Crippen MR) is 52.5 cm³/mol. The van der Waals surface area contributed by atoms with Gasteiger partial charge in [-0.1, -0.05) is 6.92 Å². The predicted octanol–water partition coefficient (Wildman–Crippen LogP) is -0.120. The summed E-state index contributed by atoms with van der Waals surface area (Å²) >= 11 is 0. The lowest BCUT2D eigenvalue weighted by molar-refractivity contribution is -0.139. The van der Waals surface area contributed by atoms with E-state index in [0.29, 0.717) is 13.1 Å². The molecule has 0 saturated heterocycles. The molecular formula is C9H17N3O2. The molecule has 0 aromatic carbocycles. The quantitative estimate of drug-likeness (QED) is 0.622. The Balaban J connectivity index is 4.04. The zero-order valence-electron chi connectivity index (χ0n) is 8.60. The summed E-state index contributed by atoms with van der Waals surface area (Å²) in [5.74, 6) is -1.11. The number of nitrogens with zero attached hydrogens (tertiary/aromatic N) is 2. The molecule has 0 bridgehead atoms. The van der Waals surface area contributed by atoms with Crippen molar-refractivity contribution in [3.05, 3.63) is 0 Å². The maximum absolute atomic E-state index is 10.5. The standard InChI is InChI=1S/C9H17N3O2/c1-3-12(5-7(2)4-10)6-8(11)9(13)14/h7-8H,3,5-6,11H2,1-2H3,(H,13,14). The second-order valence-corrected chi connectivity index (χ2v) is 3.33. The molecule has 5 nitrogen and oxygen atoms in total. The molecule has 0 rings (SSSR count). The van der Waals surface area contributed by atoms with Crippen molar-refractivity contribution >= 4 is 5.97 Å². The van der Waals surface area contributed by atoms with Gasteiger partial charge in [0.1, 0.15) is 6.04 Å². The Morgan fingerprint density at radius 3 is 2.57 bits per heavy atom. The van der Waals surface area contributed by atoms with Crippen molar-refractivity contribution in [1.29, 1.82) is 5.26 Å². The molecule has 0 saturated carbocycles. The topological polar surface area (TPSA) is 90.4 Å². The van der Waals surface area contributed by atoms with E-state index < -0.39 is 12.0 Å². The van der Waals surface area contributed by atoms with E-state index in [-0.39, 0.29) is 12.5 Å². The van der Waals surface area contributed by atoms with Crippen LogP contribution in [-0.2, 0) is 4.79 Å². The third-order valence-electron chi connectivity index (χ3n) is 1.97. The number of carboxylic acid groups (broad SMARTS) is 1. The number of carbonyl (C=O) groups is 1. The van der Waals surface area contributed by atoms with Crippen molar-refractivity contribution < 1.29 is 9.90 Å². The van der Waals surface area contributed by atoms with Gasteiger partial charge in [-0.05, 0) is 13.5 Å². The Kier molecular flexibility index (Phi) is 5.84. The molecule has 0 aliphatic carbocycles. The second-order valence-electron chi connectivity index (χ2n) is 3.33. The lowest BCUT2D eigenvalue weighted by atomic mass is 10.2. The minimum Gasteiger partial charge on any atom is -0.480 e. The average molecular weight is 199 g/mol. The SMILES string of the molecule is CCN(CC(C)C#N)CC(N)C(=O)O. The highest BCUT2D eigenvalue weighted by molar-refractivity contribution is 5.73. The molecule has 0 heterocycles. The van der Waals surface area contributed by atoms with Crippen LogP contribution in [0.2, 0.25) is 0 Å². The first-order valence-corrected chi connectivity index (χ1v) is 4.61. The van der Waals surface area contributed by atoms with Gasteiger partial charge in [0.25, 0.3) is 0 Å². The van der Waals surface area contributed by atoms with Gasteiger partial charge in [0.15, 0.2) is 0 Å². The fraction of sp³-hybridized carbons (Fsp3) is 0.778. The van der Waals surface area contributed by atoms with E-state index in [1.54, 1.807) is 6.92 Å². The average Bonchev–Trinajstić information content (AvgIpc) is 2.16. The monoisotopic (exact) mass is 199 g/mol. The van der Waals surface area contributed by atoms with E-state index in [2.05, 4.69) is 6.07 Å². The minimum absolute atomic E-state index is 0.101. The molecule has 0 amide bonds. The molecule has 5 heteroatoms. The van der Waals surface area contributed by atoms with Gasteiger partial charge in [0.2, 0.25) is 0 Å². The summed E-state index contributed by atoms with van der Waals surface area (Å²) in [6, 6.07) is 1.23. The lowest BCUT2D eigenvalue weighted by Crippen LogP contribution is -2.43. The van der Waals surface area contributed by atoms with Crippen molar-refractivity contribution in [3.8, 4) is 6.07 Å². The Labute approximate surface area is 84.1 Å². The highest BCUT2D eigenvalue weighted by atomic mass is 16.4. The number of carboxylic acids is 1. The third kappa shape index (κ3) is 4.80. The fourth-order valence-electron chi connectivity index (χ4n) is 1.12. The minimum atomic E-state index is -1.01. The Bertz CT molecular complexity index is 225. The molecule has 0 aliphatic heterocycles. The smallest absolute Gasteiger partial charge is 0.321 e. The number of nitriles is 1. The van der Waals surface area contributed by atoms with E-state index in [0.717, 1.165) is 0 Å². The first-order valence-electron chi connectivity index (χ1n) is 4.61. The van der Waals surface area contributed by atoms with Crippen LogP contribution in [0.4, 0.5) is 0 Å². The maximum Gasteiger partial charge on any atom is 0.321 e. The summed E-state index contributed by atoms with van der Waals surface area (Å²) in [5, 5.41) is 17.2. The van der Waals surface area contributed by atoms with E-state index in [4.69, 9.17) is 16.1 Å². The molecule has 2 atom stereocenters. The Morgan fingerprint density at radius 1 is 1.64 bits per heavy atom. The number of hydrogen-bond acceptors (Lipinski definition) is 4. The summed E-state index contributed by atoms with van der Waals surface area (Å²) in [7, 11) is 0. The van der Waals surface area contributed by atoms with Gasteiger partial charge in [-0.2, -0.15) is 5.26 Å². The van der Waals surface area contributed by atoms with Gasteiger partial charge in [0, 0.05) is 13.1 Å². The Hall–Kier alpha value is -1.12. The van der Waals surface area contributed by atoms with Crippen LogP contribution in [-0.4, -0.2) is 41.7 Å². The van der Waals surface area contributed by atoms with Gasteiger partial charge in [-0.25, -0.2) is 0 Å². The number of nitrogens with two attached hydrogens (primary N) is 1. The first-order chi connectivity index (χ1) is 6.51. The van der Waals surface area contributed by atoms with Crippen LogP contribution in [0, 0.1) is 17.2 Å². The van der Waals surface area contributed by atoms with Crippen LogP contribution in [0.1, 0.15) is 13.8 Å². The van der Waals surface area contributed by atoms with Crippen molar-refractivity contribution in [1.82, 2.24) is 4.90 Å². The van der Waals surface area contributed by atoms with Crippen LogP contribution < -0.4 is 5.73 Å². The molecule has 0 fully saturated rings. The molecule has 80 valence electrons. The molecule has 14 heavy (non-hydrogen) atoms.